The van der Waals surface area contributed by atoms with E-state index in [0.29, 0.717) is 55.5 Å². The first-order valence-corrected chi connectivity index (χ1v) is 15.6. The maximum atomic E-state index is 14.1. The van der Waals surface area contributed by atoms with Crippen LogP contribution in [0.15, 0.2) is 57.5 Å². The number of fused-ring (bicyclic) bond motifs is 1. The fraction of sp³-hybridized carbons (Fsp3) is 0.387. The Bertz CT molecular complexity index is 1770. The van der Waals surface area contributed by atoms with Gasteiger partial charge in [0.1, 0.15) is 17.5 Å². The number of thiazole rings is 1. The molecule has 3 aromatic rings. The van der Waals surface area contributed by atoms with Gasteiger partial charge in [0.25, 0.3) is 11.2 Å². The first-order chi connectivity index (χ1) is 20.8. The van der Waals surface area contributed by atoms with Crippen molar-refractivity contribution in [1.29, 1.82) is 0 Å². The molecule has 2 aromatic carbocycles. The van der Waals surface area contributed by atoms with Crippen molar-refractivity contribution in [2.75, 3.05) is 31.7 Å². The highest BCUT2D eigenvalue weighted by Gasteiger charge is 2.36. The van der Waals surface area contributed by atoms with Gasteiger partial charge in [-0.2, -0.15) is 0 Å². The van der Waals surface area contributed by atoms with E-state index in [0.717, 1.165) is 43.7 Å². The number of piperidine rings is 1. The number of aromatic nitrogens is 1. The third-order valence-corrected chi connectivity index (χ3v) is 8.79. The van der Waals surface area contributed by atoms with Crippen LogP contribution < -0.4 is 24.5 Å². The quantitative estimate of drug-likeness (QED) is 0.184. The highest BCUT2D eigenvalue weighted by Crippen LogP contribution is 2.38. The monoisotopic (exact) mass is 624 g/mol. The Morgan fingerprint density at radius 2 is 1.95 bits per heavy atom. The number of benzene rings is 2. The molecule has 0 amide bonds. The van der Waals surface area contributed by atoms with Gasteiger partial charge < -0.3 is 14.4 Å². The summed E-state index contributed by atoms with van der Waals surface area (Å²) >= 11 is 7.57. The number of nitrogens with zero attached hydrogens (tertiary/aromatic N) is 4. The maximum Gasteiger partial charge on any atom is 0.338 e. The van der Waals surface area contributed by atoms with E-state index in [1.165, 1.54) is 17.7 Å². The van der Waals surface area contributed by atoms with E-state index in [1.54, 1.807) is 43.3 Å². The standard InChI is InChI=1S/C31H33ClN4O6S/c1-4-9-22-27(30(38)42-5-2)28(21-18-20(32)11-13-25(21)41-3)35-29(37)26(43-31(35)33-22)17-19-10-12-23(24(16-19)36(39)40)34-14-7-6-8-15-34/h10-13,16-18,28H,4-9,14-15H2,1-3H3/b26-17-/t28-/m1/s1. The molecule has 2 aliphatic heterocycles. The Morgan fingerprint density at radius 3 is 2.63 bits per heavy atom. The number of hydrogen-bond donors (Lipinski definition) is 0. The summed E-state index contributed by atoms with van der Waals surface area (Å²) in [6.07, 6.45) is 5.93. The van der Waals surface area contributed by atoms with Crippen molar-refractivity contribution in [3.05, 3.63) is 93.6 Å². The number of halogens is 1. The minimum absolute atomic E-state index is 0.000189. The van der Waals surface area contributed by atoms with Crippen LogP contribution in [0.4, 0.5) is 11.4 Å². The predicted molar refractivity (Wildman–Crippen MR) is 167 cm³/mol. The smallest absolute Gasteiger partial charge is 0.338 e. The highest BCUT2D eigenvalue weighted by atomic mass is 35.5. The molecule has 1 saturated heterocycles. The number of rotatable bonds is 9. The molecule has 1 fully saturated rings. The van der Waals surface area contributed by atoms with Crippen molar-refractivity contribution in [1.82, 2.24) is 4.57 Å². The molecule has 226 valence electrons. The van der Waals surface area contributed by atoms with Gasteiger partial charge in [-0.3, -0.25) is 19.5 Å². The minimum Gasteiger partial charge on any atom is -0.496 e. The van der Waals surface area contributed by atoms with Crippen LogP contribution >= 0.6 is 22.9 Å². The van der Waals surface area contributed by atoms with E-state index in [1.807, 2.05) is 11.8 Å². The zero-order valence-electron chi connectivity index (χ0n) is 24.3. The van der Waals surface area contributed by atoms with Gasteiger partial charge in [0.15, 0.2) is 4.80 Å². The van der Waals surface area contributed by atoms with E-state index in [2.05, 4.69) is 0 Å². The number of ether oxygens (including phenoxy) is 2. The largest absolute Gasteiger partial charge is 0.496 e. The topological polar surface area (TPSA) is 116 Å². The highest BCUT2D eigenvalue weighted by molar-refractivity contribution is 7.07. The number of carbonyl (C=O) groups is 1. The molecule has 3 heterocycles. The van der Waals surface area contributed by atoms with Crippen LogP contribution in [0.2, 0.25) is 5.02 Å². The summed E-state index contributed by atoms with van der Waals surface area (Å²) in [7, 11) is 1.51. The van der Waals surface area contributed by atoms with Gasteiger partial charge >= 0.3 is 5.97 Å². The number of carbonyl (C=O) groups excluding carboxylic acids is 1. The normalized spacial score (nSPS) is 17.0. The number of nitro benzene ring substituents is 1. The van der Waals surface area contributed by atoms with Crippen molar-refractivity contribution >= 4 is 46.4 Å². The fourth-order valence-electron chi connectivity index (χ4n) is 5.66. The summed E-state index contributed by atoms with van der Waals surface area (Å²) in [5, 5.41) is 12.5. The Kier molecular flexibility index (Phi) is 9.31. The lowest BCUT2D eigenvalue weighted by Crippen LogP contribution is -2.40. The number of esters is 1. The lowest BCUT2D eigenvalue weighted by molar-refractivity contribution is -0.384. The first-order valence-electron chi connectivity index (χ1n) is 14.4. The van der Waals surface area contributed by atoms with Crippen LogP contribution in [-0.4, -0.2) is 42.3 Å². The number of hydrogen-bond acceptors (Lipinski definition) is 9. The third kappa shape index (κ3) is 6.09. The third-order valence-electron chi connectivity index (χ3n) is 7.57. The second kappa shape index (κ2) is 13.1. The molecule has 12 heteroatoms. The zero-order chi connectivity index (χ0) is 30.7. The molecule has 0 unspecified atom stereocenters. The molecule has 10 nitrogen and oxygen atoms in total. The number of allylic oxidation sites excluding steroid dienone is 1. The Morgan fingerprint density at radius 1 is 1.19 bits per heavy atom. The van der Waals surface area contributed by atoms with Crippen LogP contribution in [0, 0.1) is 10.1 Å². The molecule has 2 aliphatic rings. The van der Waals surface area contributed by atoms with Crippen molar-refractivity contribution in [3.8, 4) is 5.75 Å². The summed E-state index contributed by atoms with van der Waals surface area (Å²) in [4.78, 5) is 46.4. The molecular formula is C31H33ClN4O6S. The van der Waals surface area contributed by atoms with Gasteiger partial charge in [0.2, 0.25) is 0 Å². The lowest BCUT2D eigenvalue weighted by Gasteiger charge is -2.28. The second-order valence-corrected chi connectivity index (χ2v) is 11.8. The molecular weight excluding hydrogens is 592 g/mol. The molecule has 0 aliphatic carbocycles. The van der Waals surface area contributed by atoms with E-state index in [4.69, 9.17) is 26.1 Å². The Hall–Kier alpha value is -3.96. The molecule has 5 rings (SSSR count). The van der Waals surface area contributed by atoms with Gasteiger partial charge in [-0.05, 0) is 68.5 Å². The summed E-state index contributed by atoms with van der Waals surface area (Å²) in [5.41, 5.74) is 2.02. The second-order valence-electron chi connectivity index (χ2n) is 10.4. The molecule has 0 bridgehead atoms. The van der Waals surface area contributed by atoms with Crippen LogP contribution in [-0.2, 0) is 9.53 Å². The van der Waals surface area contributed by atoms with Gasteiger partial charge in [-0.1, -0.05) is 42.3 Å². The predicted octanol–water partition coefficient (Wildman–Crippen LogP) is 5.14. The van der Waals surface area contributed by atoms with Crippen molar-refractivity contribution in [2.45, 2.75) is 52.0 Å². The number of methoxy groups -OCH3 is 1. The summed E-state index contributed by atoms with van der Waals surface area (Å²) in [5.74, 6) is -0.118. The van der Waals surface area contributed by atoms with E-state index < -0.39 is 17.6 Å². The van der Waals surface area contributed by atoms with E-state index >= 15 is 0 Å². The number of nitro groups is 1. The summed E-state index contributed by atoms with van der Waals surface area (Å²) in [6, 6.07) is 9.20. The summed E-state index contributed by atoms with van der Waals surface area (Å²) in [6.45, 7) is 5.40. The van der Waals surface area contributed by atoms with Crippen LogP contribution in [0.5, 0.6) is 5.75 Å². The SMILES string of the molecule is CCCC1=C(C(=O)OCC)[C@@H](c2cc(Cl)ccc2OC)n2c(s/c(=C\c3ccc(N4CCCCC4)c([N+](=O)[O-])c3)c2=O)=N1. The van der Waals surface area contributed by atoms with Gasteiger partial charge in [0.05, 0.1) is 34.4 Å². The number of anilines is 1. The summed E-state index contributed by atoms with van der Waals surface area (Å²) < 4.78 is 12.9. The van der Waals surface area contributed by atoms with Crippen LogP contribution in [0.1, 0.15) is 63.1 Å². The van der Waals surface area contributed by atoms with Crippen molar-refractivity contribution in [2.24, 2.45) is 4.99 Å². The van der Waals surface area contributed by atoms with Crippen molar-refractivity contribution in [3.63, 3.8) is 0 Å². The van der Waals surface area contributed by atoms with E-state index in [-0.39, 0.29) is 22.8 Å². The van der Waals surface area contributed by atoms with Gasteiger partial charge in [0, 0.05) is 29.7 Å². The maximum absolute atomic E-state index is 14.1. The Balaban J connectivity index is 1.71. The molecule has 0 N–H and O–H groups in total. The van der Waals surface area contributed by atoms with Gasteiger partial charge in [-0.15, -0.1) is 0 Å². The zero-order valence-corrected chi connectivity index (χ0v) is 25.9. The molecule has 1 atom stereocenters. The fourth-order valence-corrected chi connectivity index (χ4v) is 6.86. The molecule has 0 saturated carbocycles. The Labute approximate surface area is 257 Å². The van der Waals surface area contributed by atoms with Crippen molar-refractivity contribution < 1.29 is 19.2 Å². The molecule has 0 spiro atoms. The van der Waals surface area contributed by atoms with Gasteiger partial charge in [-0.25, -0.2) is 9.79 Å². The van der Waals surface area contributed by atoms with E-state index in [9.17, 15) is 19.7 Å². The average Bonchev–Trinajstić information content (AvgIpc) is 3.31. The van der Waals surface area contributed by atoms with Crippen LogP contribution in [0.3, 0.4) is 0 Å². The first kappa shape index (κ1) is 30.5. The molecule has 0 radical (unpaired) electrons. The molecule has 43 heavy (non-hydrogen) atoms. The minimum atomic E-state index is -0.900. The lowest BCUT2D eigenvalue weighted by atomic mass is 9.93. The molecule has 1 aromatic heterocycles. The average molecular weight is 625 g/mol. The van der Waals surface area contributed by atoms with Crippen LogP contribution in [0.25, 0.3) is 6.08 Å².